The van der Waals surface area contributed by atoms with Crippen LogP contribution in [0.5, 0.6) is 5.75 Å². The Labute approximate surface area is 134 Å². The van der Waals surface area contributed by atoms with E-state index in [4.69, 9.17) is 4.74 Å². The summed E-state index contributed by atoms with van der Waals surface area (Å²) in [7, 11) is 3.78. The molecule has 1 aliphatic rings. The van der Waals surface area contributed by atoms with Gasteiger partial charge in [-0.3, -0.25) is 0 Å². The Kier molecular flexibility index (Phi) is 5.61. The van der Waals surface area contributed by atoms with Gasteiger partial charge in [0.25, 0.3) is 0 Å². The van der Waals surface area contributed by atoms with E-state index in [1.54, 1.807) is 7.11 Å². The van der Waals surface area contributed by atoms with E-state index in [1.807, 2.05) is 18.2 Å². The molecule has 0 aromatic heterocycles. The topological polar surface area (TPSA) is 15.7 Å². The predicted octanol–water partition coefficient (Wildman–Crippen LogP) is 3.49. The molecule has 0 N–H and O–H groups in total. The molecule has 3 rings (SSSR count). The molecule has 109 valence electrons. The van der Waals surface area contributed by atoms with Crippen molar-refractivity contribution in [2.24, 2.45) is 0 Å². The number of ether oxygens (including phenoxy) is 1. The molecule has 2 aromatic carbocycles. The quantitative estimate of drug-likeness (QED) is 0.657. The average Bonchev–Trinajstić information content (AvgIpc) is 2.77. The van der Waals surface area contributed by atoms with Gasteiger partial charge in [0, 0.05) is 32.9 Å². The summed E-state index contributed by atoms with van der Waals surface area (Å²) < 4.78 is 5.27. The van der Waals surface area contributed by atoms with Gasteiger partial charge >= 0.3 is 0 Å². The third-order valence-electron chi connectivity index (χ3n) is 3.22. The Morgan fingerprint density at radius 3 is 2.55 bits per heavy atom. The van der Waals surface area contributed by atoms with Gasteiger partial charge < -0.3 is 22.0 Å². The summed E-state index contributed by atoms with van der Waals surface area (Å²) >= 11 is 0. The molecule has 4 heteroatoms. The van der Waals surface area contributed by atoms with Crippen LogP contribution in [0.25, 0.3) is 0 Å². The molecule has 0 saturated heterocycles. The van der Waals surface area contributed by atoms with Crippen LogP contribution in [0.4, 0.5) is 17.1 Å². The Morgan fingerprint density at radius 2 is 1.85 bits per heavy atom. The zero-order chi connectivity index (χ0) is 12.5. The second kappa shape index (κ2) is 6.78. The number of anilines is 3. The Hall–Kier alpha value is -1.51. The number of nitrogens with zero attached hydrogens (tertiary/aromatic N) is 2. The van der Waals surface area contributed by atoms with Crippen molar-refractivity contribution in [1.29, 1.82) is 0 Å². The molecule has 0 spiro atoms. The second-order valence-corrected chi connectivity index (χ2v) is 4.37. The van der Waals surface area contributed by atoms with Gasteiger partial charge in [0.15, 0.2) is 0 Å². The molecular weight excluding hydrogens is 428 g/mol. The Morgan fingerprint density at radius 1 is 1.15 bits per heavy atom. The molecule has 0 atom stereocenters. The molecule has 0 unspecified atom stereocenters. The molecule has 0 saturated carbocycles. The molecule has 0 aliphatic carbocycles. The van der Waals surface area contributed by atoms with Crippen molar-refractivity contribution >= 4 is 17.1 Å². The maximum Gasteiger partial charge on any atom is 0.0927 e. The van der Waals surface area contributed by atoms with Crippen LogP contribution < -0.4 is 14.5 Å². The van der Waals surface area contributed by atoms with Crippen molar-refractivity contribution < 1.29 is 24.8 Å². The summed E-state index contributed by atoms with van der Waals surface area (Å²) in [6.45, 7) is 0.836. The van der Waals surface area contributed by atoms with Gasteiger partial charge in [-0.1, -0.05) is 17.8 Å². The van der Waals surface area contributed by atoms with Gasteiger partial charge in [-0.15, -0.1) is 12.1 Å². The van der Waals surface area contributed by atoms with Crippen molar-refractivity contribution in [3.05, 3.63) is 56.0 Å². The second-order valence-electron chi connectivity index (χ2n) is 4.37. The van der Waals surface area contributed by atoms with Crippen LogP contribution in [0, 0.1) is 13.5 Å². The van der Waals surface area contributed by atoms with Crippen molar-refractivity contribution in [1.82, 2.24) is 0 Å². The number of hydrogen-bond acceptors (Lipinski definition) is 3. The summed E-state index contributed by atoms with van der Waals surface area (Å²) in [6, 6.07) is 17.5. The van der Waals surface area contributed by atoms with E-state index in [0.717, 1.165) is 18.1 Å². The minimum absolute atomic E-state index is 0. The van der Waals surface area contributed by atoms with Gasteiger partial charge in [-0.25, -0.2) is 0 Å². The maximum absolute atomic E-state index is 5.27. The van der Waals surface area contributed by atoms with E-state index in [-0.39, 0.29) is 27.5 Å². The zero-order valence-electron chi connectivity index (χ0n) is 11.9. The van der Waals surface area contributed by atoms with Gasteiger partial charge in [-0.05, 0) is 12.1 Å². The van der Waals surface area contributed by atoms with Crippen LogP contribution in [0.15, 0.2) is 42.5 Å². The number of methoxy groups -OCH3 is 1. The van der Waals surface area contributed by atoms with E-state index in [9.17, 15) is 0 Å². The molecule has 1 radical (unpaired) electrons. The fourth-order valence-electron chi connectivity index (χ4n) is 2.30. The molecular formula is C16H18IrN2O-2. The van der Waals surface area contributed by atoms with Crippen molar-refractivity contribution in [3.8, 4) is 5.75 Å². The van der Waals surface area contributed by atoms with Gasteiger partial charge in [0.2, 0.25) is 0 Å². The summed E-state index contributed by atoms with van der Waals surface area (Å²) in [5.41, 5.74) is 3.49. The first kappa shape index (κ1) is 16.5. The van der Waals surface area contributed by atoms with E-state index in [2.05, 4.69) is 47.2 Å². The van der Waals surface area contributed by atoms with Crippen molar-refractivity contribution in [2.75, 3.05) is 30.6 Å². The standard InChI is InChI=1S/C15H15N2O.CH3.Ir/c1-16-11-17(15-9-4-3-8-14(15)16)12-6-5-7-13(10-12)18-2;;/h3-5,7-10H,11H2,1-2H3;1H3;/q2*-1;. The van der Waals surface area contributed by atoms with Crippen LogP contribution in [-0.4, -0.2) is 20.8 Å². The van der Waals surface area contributed by atoms with Crippen LogP contribution in [0.1, 0.15) is 0 Å². The third-order valence-corrected chi connectivity index (χ3v) is 3.22. The van der Waals surface area contributed by atoms with Crippen LogP contribution in [0.3, 0.4) is 0 Å². The van der Waals surface area contributed by atoms with Crippen LogP contribution in [-0.2, 0) is 20.1 Å². The summed E-state index contributed by atoms with van der Waals surface area (Å²) in [5, 5.41) is 0. The van der Waals surface area contributed by atoms with Crippen molar-refractivity contribution in [2.45, 2.75) is 0 Å². The predicted molar refractivity (Wildman–Crippen MR) is 80.1 cm³/mol. The summed E-state index contributed by atoms with van der Waals surface area (Å²) in [4.78, 5) is 4.46. The van der Waals surface area contributed by atoms with E-state index >= 15 is 0 Å². The molecule has 0 bridgehead atoms. The molecule has 3 nitrogen and oxygen atoms in total. The summed E-state index contributed by atoms with van der Waals surface area (Å²) in [6.07, 6.45) is 0. The minimum atomic E-state index is 0. The van der Waals surface area contributed by atoms with Gasteiger partial charge in [0.05, 0.1) is 25.2 Å². The van der Waals surface area contributed by atoms with Crippen molar-refractivity contribution in [3.63, 3.8) is 0 Å². The normalized spacial score (nSPS) is 12.3. The van der Waals surface area contributed by atoms with Crippen LogP contribution >= 0.6 is 0 Å². The SMILES string of the molecule is COc1cc[c-]c(N2CN(C)c3ccccc32)c1.[CH3-].[Ir]. The maximum atomic E-state index is 5.27. The Balaban J connectivity index is 0.000001000. The van der Waals surface area contributed by atoms with Crippen LogP contribution in [0.2, 0.25) is 0 Å². The van der Waals surface area contributed by atoms with Gasteiger partial charge in [0.1, 0.15) is 0 Å². The van der Waals surface area contributed by atoms with E-state index in [0.29, 0.717) is 0 Å². The Bertz CT molecular complexity index is 574. The number of para-hydroxylation sites is 2. The summed E-state index contributed by atoms with van der Waals surface area (Å²) in [5.74, 6) is 0.857. The number of rotatable bonds is 2. The number of fused-ring (bicyclic) bond motifs is 1. The van der Waals surface area contributed by atoms with E-state index < -0.39 is 0 Å². The molecule has 20 heavy (non-hydrogen) atoms. The molecule has 2 aromatic rings. The first-order valence-electron chi connectivity index (χ1n) is 5.93. The molecule has 0 fully saturated rings. The average molecular weight is 447 g/mol. The largest absolute Gasteiger partial charge is 0.522 e. The fourth-order valence-corrected chi connectivity index (χ4v) is 2.30. The van der Waals surface area contributed by atoms with E-state index in [1.165, 1.54) is 11.4 Å². The third kappa shape index (κ3) is 2.81. The molecule has 0 amide bonds. The van der Waals surface area contributed by atoms with Gasteiger partial charge in [-0.2, -0.15) is 12.1 Å². The number of hydrogen-bond donors (Lipinski definition) is 0. The number of benzene rings is 2. The zero-order valence-corrected chi connectivity index (χ0v) is 14.3. The monoisotopic (exact) mass is 447 g/mol. The molecule has 1 heterocycles. The first-order chi connectivity index (χ1) is 8.79. The molecule has 1 aliphatic heterocycles. The first-order valence-corrected chi connectivity index (χ1v) is 5.93. The minimum Gasteiger partial charge on any atom is -0.522 e. The smallest absolute Gasteiger partial charge is 0.0927 e. The fraction of sp³-hybridized carbons (Fsp3) is 0.188.